The second-order valence-corrected chi connectivity index (χ2v) is 3.77. The van der Waals surface area contributed by atoms with Gasteiger partial charge in [0.25, 0.3) is 0 Å². The molecule has 1 rings (SSSR count). The lowest BCUT2D eigenvalue weighted by Crippen LogP contribution is -2.17. The number of nitrogens with zero attached hydrogens (tertiary/aromatic N) is 1. The fraction of sp³-hybridized carbons (Fsp3) is 0.500. The standard InChI is InChI=1S/C10H14N2S/c1-3-4-6-11-7-5-10-8-13-9(2)12-10/h8,11H,5-7H2,1-2H3. The number of aromatic nitrogens is 1. The number of thiazole rings is 1. The molecule has 70 valence electrons. The molecule has 0 saturated carbocycles. The average molecular weight is 194 g/mol. The van der Waals surface area contributed by atoms with Gasteiger partial charge in [-0.05, 0) is 13.8 Å². The van der Waals surface area contributed by atoms with Crippen molar-refractivity contribution in [1.29, 1.82) is 0 Å². The lowest BCUT2D eigenvalue weighted by Gasteiger charge is -1.96. The minimum absolute atomic E-state index is 0.777. The second-order valence-electron chi connectivity index (χ2n) is 2.71. The first-order valence-electron chi connectivity index (χ1n) is 4.34. The summed E-state index contributed by atoms with van der Waals surface area (Å²) in [5.74, 6) is 5.81. The topological polar surface area (TPSA) is 24.9 Å². The van der Waals surface area contributed by atoms with Crippen LogP contribution in [0.15, 0.2) is 5.38 Å². The van der Waals surface area contributed by atoms with E-state index in [1.807, 2.05) is 13.8 Å². The van der Waals surface area contributed by atoms with E-state index >= 15 is 0 Å². The fourth-order valence-corrected chi connectivity index (χ4v) is 1.63. The summed E-state index contributed by atoms with van der Waals surface area (Å²) in [5.41, 5.74) is 1.18. The number of hydrogen-bond acceptors (Lipinski definition) is 3. The highest BCUT2D eigenvalue weighted by atomic mass is 32.1. The molecule has 1 heterocycles. The zero-order chi connectivity index (χ0) is 9.52. The minimum atomic E-state index is 0.777. The second kappa shape index (κ2) is 5.74. The van der Waals surface area contributed by atoms with E-state index in [0.717, 1.165) is 24.5 Å². The van der Waals surface area contributed by atoms with E-state index in [4.69, 9.17) is 0 Å². The predicted octanol–water partition coefficient (Wildman–Crippen LogP) is 1.61. The average Bonchev–Trinajstić information content (AvgIpc) is 2.51. The molecule has 0 bridgehead atoms. The summed E-state index contributed by atoms with van der Waals surface area (Å²) in [7, 11) is 0. The number of hydrogen-bond donors (Lipinski definition) is 1. The molecule has 0 atom stereocenters. The Morgan fingerprint density at radius 3 is 3.08 bits per heavy atom. The first-order valence-corrected chi connectivity index (χ1v) is 5.22. The molecule has 1 aromatic heterocycles. The highest BCUT2D eigenvalue weighted by Crippen LogP contribution is 2.07. The Hall–Kier alpha value is -0.850. The van der Waals surface area contributed by atoms with Gasteiger partial charge in [-0.3, -0.25) is 0 Å². The maximum Gasteiger partial charge on any atom is 0.0897 e. The van der Waals surface area contributed by atoms with Gasteiger partial charge in [-0.2, -0.15) is 0 Å². The Labute approximate surface area is 83.4 Å². The summed E-state index contributed by atoms with van der Waals surface area (Å²) in [4.78, 5) is 4.37. The lowest BCUT2D eigenvalue weighted by atomic mass is 10.3. The molecule has 0 amide bonds. The van der Waals surface area contributed by atoms with Crippen molar-refractivity contribution in [2.24, 2.45) is 0 Å². The molecule has 0 aromatic carbocycles. The third-order valence-electron chi connectivity index (χ3n) is 1.61. The quantitative estimate of drug-likeness (QED) is 0.582. The Bertz CT molecular complexity index is 306. The zero-order valence-corrected chi connectivity index (χ0v) is 8.87. The molecule has 3 heteroatoms. The monoisotopic (exact) mass is 194 g/mol. The third-order valence-corrected chi connectivity index (χ3v) is 2.44. The Balaban J connectivity index is 2.15. The Morgan fingerprint density at radius 1 is 1.62 bits per heavy atom. The van der Waals surface area contributed by atoms with Gasteiger partial charge in [-0.15, -0.1) is 17.3 Å². The lowest BCUT2D eigenvalue weighted by molar-refractivity contribution is 0.743. The van der Waals surface area contributed by atoms with Gasteiger partial charge >= 0.3 is 0 Å². The van der Waals surface area contributed by atoms with Crippen molar-refractivity contribution >= 4 is 11.3 Å². The molecule has 1 aromatic rings. The fourth-order valence-electron chi connectivity index (χ4n) is 0.979. The van der Waals surface area contributed by atoms with Crippen LogP contribution in [0.5, 0.6) is 0 Å². The van der Waals surface area contributed by atoms with Crippen LogP contribution in [-0.2, 0) is 6.42 Å². The molecular formula is C10H14N2S. The van der Waals surface area contributed by atoms with E-state index in [1.54, 1.807) is 11.3 Å². The van der Waals surface area contributed by atoms with Crippen molar-refractivity contribution in [2.75, 3.05) is 13.1 Å². The maximum atomic E-state index is 4.37. The van der Waals surface area contributed by atoms with E-state index in [2.05, 4.69) is 27.5 Å². The normalized spacial score (nSPS) is 9.38. The third kappa shape index (κ3) is 4.07. The van der Waals surface area contributed by atoms with Crippen LogP contribution in [0.4, 0.5) is 0 Å². The number of rotatable bonds is 4. The van der Waals surface area contributed by atoms with E-state index < -0.39 is 0 Å². The molecule has 0 aliphatic heterocycles. The summed E-state index contributed by atoms with van der Waals surface area (Å²) in [6, 6.07) is 0. The van der Waals surface area contributed by atoms with Crippen LogP contribution >= 0.6 is 11.3 Å². The van der Waals surface area contributed by atoms with Crippen LogP contribution in [0.2, 0.25) is 0 Å². The predicted molar refractivity (Wildman–Crippen MR) is 56.9 cm³/mol. The van der Waals surface area contributed by atoms with Crippen molar-refractivity contribution in [3.63, 3.8) is 0 Å². The first-order chi connectivity index (χ1) is 6.33. The largest absolute Gasteiger partial charge is 0.306 e. The molecule has 13 heavy (non-hydrogen) atoms. The highest BCUT2D eigenvalue weighted by molar-refractivity contribution is 7.09. The summed E-state index contributed by atoms with van der Waals surface area (Å²) < 4.78 is 0. The van der Waals surface area contributed by atoms with Crippen LogP contribution in [0.1, 0.15) is 17.6 Å². The molecule has 0 fully saturated rings. The molecule has 0 unspecified atom stereocenters. The molecule has 2 nitrogen and oxygen atoms in total. The molecule has 0 saturated heterocycles. The SMILES string of the molecule is CC#CCNCCc1csc(C)n1. The number of nitrogens with one attached hydrogen (secondary N) is 1. The van der Waals surface area contributed by atoms with Crippen LogP contribution in [0.25, 0.3) is 0 Å². The van der Waals surface area contributed by atoms with Crippen molar-refractivity contribution in [1.82, 2.24) is 10.3 Å². The summed E-state index contributed by atoms with van der Waals surface area (Å²) in [5, 5.41) is 6.49. The van der Waals surface area contributed by atoms with E-state index in [-0.39, 0.29) is 0 Å². The Morgan fingerprint density at radius 2 is 2.46 bits per heavy atom. The maximum absolute atomic E-state index is 4.37. The minimum Gasteiger partial charge on any atom is -0.306 e. The Kier molecular flexibility index (Phi) is 4.52. The summed E-state index contributed by atoms with van der Waals surface area (Å²) in [6.45, 7) is 5.62. The zero-order valence-electron chi connectivity index (χ0n) is 8.05. The van der Waals surface area contributed by atoms with Crippen LogP contribution in [-0.4, -0.2) is 18.1 Å². The molecule has 0 spiro atoms. The summed E-state index contributed by atoms with van der Waals surface area (Å²) >= 11 is 1.71. The van der Waals surface area contributed by atoms with E-state index in [1.165, 1.54) is 5.69 Å². The molecule has 0 aliphatic carbocycles. The van der Waals surface area contributed by atoms with Gasteiger partial charge < -0.3 is 5.32 Å². The molecule has 1 N–H and O–H groups in total. The summed E-state index contributed by atoms with van der Waals surface area (Å²) in [6.07, 6.45) is 0.996. The van der Waals surface area contributed by atoms with E-state index in [9.17, 15) is 0 Å². The highest BCUT2D eigenvalue weighted by Gasteiger charge is 1.96. The van der Waals surface area contributed by atoms with Crippen molar-refractivity contribution in [3.8, 4) is 11.8 Å². The van der Waals surface area contributed by atoms with Crippen molar-refractivity contribution in [3.05, 3.63) is 16.1 Å². The molecule has 0 aliphatic rings. The van der Waals surface area contributed by atoms with Gasteiger partial charge in [-0.1, -0.05) is 5.92 Å². The number of aryl methyl sites for hydroxylation is 1. The molecule has 0 radical (unpaired) electrons. The van der Waals surface area contributed by atoms with Gasteiger partial charge in [0.05, 0.1) is 17.2 Å². The van der Waals surface area contributed by atoms with Crippen LogP contribution < -0.4 is 5.32 Å². The van der Waals surface area contributed by atoms with Gasteiger partial charge in [0.15, 0.2) is 0 Å². The van der Waals surface area contributed by atoms with E-state index in [0.29, 0.717) is 0 Å². The molecular weight excluding hydrogens is 180 g/mol. The first kappa shape index (κ1) is 10.2. The van der Waals surface area contributed by atoms with Gasteiger partial charge in [0.1, 0.15) is 0 Å². The van der Waals surface area contributed by atoms with Crippen molar-refractivity contribution in [2.45, 2.75) is 20.3 Å². The van der Waals surface area contributed by atoms with Gasteiger partial charge in [0, 0.05) is 18.3 Å². The smallest absolute Gasteiger partial charge is 0.0897 e. The van der Waals surface area contributed by atoms with Gasteiger partial charge in [0.2, 0.25) is 0 Å². The van der Waals surface area contributed by atoms with Crippen molar-refractivity contribution < 1.29 is 0 Å². The van der Waals surface area contributed by atoms with Crippen LogP contribution in [0, 0.1) is 18.8 Å². The van der Waals surface area contributed by atoms with Crippen LogP contribution in [0.3, 0.4) is 0 Å². The van der Waals surface area contributed by atoms with Gasteiger partial charge in [-0.25, -0.2) is 4.98 Å².